The number of hydrogen-bond donors (Lipinski definition) is 0. The van der Waals surface area contributed by atoms with Gasteiger partial charge in [0.05, 0.1) is 29.8 Å². The number of cyclic esters (lactones) is 1. The molecule has 310 valence electrons. The van der Waals surface area contributed by atoms with Gasteiger partial charge in [-0.2, -0.15) is 0 Å². The van der Waals surface area contributed by atoms with E-state index in [1.54, 1.807) is 14.0 Å². The molecular formula is C39H61I4NO10. The Balaban J connectivity index is 2.08. The predicted molar refractivity (Wildman–Crippen MR) is 242 cm³/mol. The van der Waals surface area contributed by atoms with Gasteiger partial charge in [-0.1, -0.05) is 65.8 Å². The average Bonchev–Trinajstić information content (AvgIpc) is 3.15. The van der Waals surface area contributed by atoms with Crippen molar-refractivity contribution in [3.8, 4) is 0 Å². The van der Waals surface area contributed by atoms with E-state index in [-0.39, 0.29) is 17.9 Å². The van der Waals surface area contributed by atoms with Gasteiger partial charge < -0.3 is 31.2 Å². The molecule has 2 fully saturated rings. The Hall–Kier alpha value is 0.960. The number of benzene rings is 1. The highest BCUT2D eigenvalue weighted by Crippen LogP contribution is 2.42. The van der Waals surface area contributed by atoms with Crippen LogP contribution < -0.4 is 0 Å². The fourth-order valence-corrected chi connectivity index (χ4v) is 11.3. The van der Waals surface area contributed by atoms with Crippen LogP contribution in [0.1, 0.15) is 106 Å². The van der Waals surface area contributed by atoms with Crippen molar-refractivity contribution >= 4 is 104 Å². The quantitative estimate of drug-likeness (QED) is 0.147. The number of methoxy groups -OCH3 is 1. The summed E-state index contributed by atoms with van der Waals surface area (Å²) in [6, 6.07) is 8.73. The first kappa shape index (κ1) is 49.3. The number of rotatable bonds is 12. The van der Waals surface area contributed by atoms with Gasteiger partial charge >= 0.3 is 5.97 Å². The number of esters is 1. The molecule has 0 N–H and O–H groups in total. The zero-order chi connectivity index (χ0) is 40.7. The van der Waals surface area contributed by atoms with E-state index in [2.05, 4.69) is 50.1 Å². The monoisotopic (exact) mass is 1210 g/mol. The van der Waals surface area contributed by atoms with Gasteiger partial charge in [0, 0.05) is 37.5 Å². The van der Waals surface area contributed by atoms with E-state index in [0.29, 0.717) is 18.8 Å². The number of hydrogen-bond acceptors (Lipinski definition) is 11. The van der Waals surface area contributed by atoms with Crippen LogP contribution in [0.5, 0.6) is 0 Å². The van der Waals surface area contributed by atoms with Crippen LogP contribution in [0.4, 0.5) is 0 Å². The van der Waals surface area contributed by atoms with Crippen LogP contribution in [-0.2, 0) is 47.3 Å². The highest BCUT2D eigenvalue weighted by atomic mass is 127. The minimum absolute atomic E-state index is 0.0292. The van der Waals surface area contributed by atoms with Gasteiger partial charge in [0.15, 0.2) is 6.29 Å². The molecule has 3 rings (SSSR count). The summed E-state index contributed by atoms with van der Waals surface area (Å²) in [6.45, 7) is 20.4. The summed E-state index contributed by atoms with van der Waals surface area (Å²) in [5.41, 5.74) is 0.349. The minimum atomic E-state index is -1.13. The van der Waals surface area contributed by atoms with E-state index in [1.165, 1.54) is 11.1 Å². The molecule has 2 aliphatic rings. The number of ketones is 1. The Morgan fingerprint density at radius 2 is 1.52 bits per heavy atom. The fourth-order valence-electron chi connectivity index (χ4n) is 8.38. The van der Waals surface area contributed by atoms with Gasteiger partial charge in [0.1, 0.15) is 122 Å². The Morgan fingerprint density at radius 3 is 2.02 bits per heavy atom. The number of nitrogens with zero attached hydrogens (tertiary/aromatic N) is 1. The lowest BCUT2D eigenvalue weighted by Gasteiger charge is -2.49. The van der Waals surface area contributed by atoms with Gasteiger partial charge in [-0.3, -0.25) is 14.5 Å². The average molecular weight is 1210 g/mol. The number of ether oxygens (including phenoxy) is 4. The Kier molecular flexibility index (Phi) is 20.1. The molecule has 11 nitrogen and oxygen atoms in total. The summed E-state index contributed by atoms with van der Waals surface area (Å²) < 4.78 is 50.6. The minimum Gasteiger partial charge on any atom is -0.459 e. The van der Waals surface area contributed by atoms with Gasteiger partial charge in [0.25, 0.3) is 0 Å². The van der Waals surface area contributed by atoms with Crippen LogP contribution in [0.2, 0.25) is 0 Å². The molecule has 0 radical (unpaired) electrons. The summed E-state index contributed by atoms with van der Waals surface area (Å²) >= 11 is 7.44. The molecule has 2 unspecified atom stereocenters. The Labute approximate surface area is 380 Å². The van der Waals surface area contributed by atoms with Crippen molar-refractivity contribution in [2.75, 3.05) is 14.2 Å². The maximum absolute atomic E-state index is 14.3. The third-order valence-electron chi connectivity index (χ3n) is 11.8. The number of likely N-dealkylation sites (N-methyl/N-ethyl adjacent to an activating group) is 1. The second-order valence-corrected chi connectivity index (χ2v) is 18.1. The zero-order valence-corrected chi connectivity index (χ0v) is 42.3. The normalized spacial score (nSPS) is 39.1. The van der Waals surface area contributed by atoms with Gasteiger partial charge in [-0.25, -0.2) is 0 Å². The lowest BCUT2D eigenvalue weighted by Crippen LogP contribution is -2.60. The first-order valence-corrected chi connectivity index (χ1v) is 22.4. The van der Waals surface area contributed by atoms with Crippen LogP contribution in [0.15, 0.2) is 24.3 Å². The van der Waals surface area contributed by atoms with Gasteiger partial charge in [-0.15, -0.1) is 0 Å². The second kappa shape index (κ2) is 22.0. The molecule has 0 aromatic heterocycles. The third-order valence-corrected chi connectivity index (χ3v) is 14.5. The lowest BCUT2D eigenvalue weighted by atomic mass is 9.74. The highest BCUT2D eigenvalue weighted by molar-refractivity contribution is 14.1. The molecule has 1 aromatic rings. The van der Waals surface area contributed by atoms with E-state index in [1.807, 2.05) is 140 Å². The molecule has 0 aliphatic carbocycles. The van der Waals surface area contributed by atoms with Crippen molar-refractivity contribution < 1.29 is 40.8 Å². The molecule has 14 atom stereocenters. The molecule has 0 amide bonds. The number of carbonyl (C=O) groups excluding carboxylic acids is 2. The number of Topliss-reactive ketones (excluding diaryl/α,β-unsaturated/α-hetero) is 1. The fraction of sp³-hybridized carbons (Fsp3) is 0.795. The van der Waals surface area contributed by atoms with Crippen molar-refractivity contribution in [1.82, 2.24) is 4.90 Å². The molecular weight excluding hydrogens is 1150 g/mol. The van der Waals surface area contributed by atoms with Crippen molar-refractivity contribution in [1.29, 1.82) is 0 Å². The molecule has 0 spiro atoms. The molecule has 2 heterocycles. The zero-order valence-electron chi connectivity index (χ0n) is 33.7. The second-order valence-electron chi connectivity index (χ2n) is 16.2. The first-order chi connectivity index (χ1) is 25.4. The molecule has 0 saturated carbocycles. The van der Waals surface area contributed by atoms with E-state index < -0.39 is 77.7 Å². The van der Waals surface area contributed by atoms with Crippen molar-refractivity contribution in [3.63, 3.8) is 0 Å². The van der Waals surface area contributed by atoms with E-state index in [0.717, 1.165) is 13.0 Å². The Morgan fingerprint density at radius 1 is 0.907 bits per heavy atom. The molecule has 2 aliphatic heterocycles. The maximum Gasteiger partial charge on any atom is 0.311 e. The van der Waals surface area contributed by atoms with Crippen LogP contribution in [0, 0.1) is 23.7 Å². The van der Waals surface area contributed by atoms with Crippen molar-refractivity contribution in [2.45, 2.75) is 161 Å². The maximum atomic E-state index is 14.3. The van der Waals surface area contributed by atoms with E-state index >= 15 is 0 Å². The summed E-state index contributed by atoms with van der Waals surface area (Å²) in [7, 11) is 3.74. The SMILES string of the molecule is CCC1OC(=O)[C@H](C)[C@H](OI)[C@H](C)[C@@H](OC2O[C@H](C)C[C@H](N(C)Cc3ccc(C(C)C)cc3)[C@H]2OI)[C@@](C)(OC)C[C@@H](C)C(=O)[C@H](C)[C@@H](OI)[C@]1(C)OI. The number of carbonyl (C=O) groups is 2. The van der Waals surface area contributed by atoms with Gasteiger partial charge in [-0.05, 0) is 71.0 Å². The van der Waals surface area contributed by atoms with Crippen molar-refractivity contribution in [2.24, 2.45) is 23.7 Å². The number of halogens is 4. The van der Waals surface area contributed by atoms with E-state index in [4.69, 9.17) is 31.2 Å². The summed E-state index contributed by atoms with van der Waals surface area (Å²) in [5, 5.41) is 0. The molecule has 0 bridgehead atoms. The third kappa shape index (κ3) is 11.4. The standard InChI is InChI=1S/C39H61I4NO10/c1-13-30-39(10,54-43)35(53-42)24(6)31(45)22(4)19-38(9,47-12)34(25(7)32(51-40)26(8)36(46)49-30)50-37-33(52-41)29(18-23(5)48-37)44(11)20-27-14-16-28(17-15-27)21(2)3/h14-17,21-26,29-30,32-35,37H,13,18-20H2,1-12H3/t22-,23-,24+,25+,26-,29+,30?,32-,33-,34-,35-,37?,38+,39-/m1/s1. The predicted octanol–water partition coefficient (Wildman–Crippen LogP) is 9.71. The van der Waals surface area contributed by atoms with Crippen molar-refractivity contribution in [3.05, 3.63) is 35.4 Å². The van der Waals surface area contributed by atoms with E-state index in [9.17, 15) is 9.59 Å². The molecule has 54 heavy (non-hydrogen) atoms. The van der Waals surface area contributed by atoms with Gasteiger partial charge in [0.2, 0.25) is 0 Å². The Bertz CT molecular complexity index is 1340. The van der Waals surface area contributed by atoms with Crippen LogP contribution >= 0.6 is 92.0 Å². The summed E-state index contributed by atoms with van der Waals surface area (Å²) in [4.78, 5) is 30.7. The summed E-state index contributed by atoms with van der Waals surface area (Å²) in [5.74, 6) is -2.25. The smallest absolute Gasteiger partial charge is 0.311 e. The first-order valence-electron chi connectivity index (χ1n) is 18.9. The largest absolute Gasteiger partial charge is 0.459 e. The molecule has 2 saturated heterocycles. The molecule has 15 heteroatoms. The summed E-state index contributed by atoms with van der Waals surface area (Å²) in [6.07, 6.45) is -2.74. The van der Waals surface area contributed by atoms with Crippen LogP contribution in [0.3, 0.4) is 0 Å². The van der Waals surface area contributed by atoms with Crippen LogP contribution in [0.25, 0.3) is 0 Å². The van der Waals surface area contributed by atoms with Crippen LogP contribution in [-0.4, -0.2) is 91.0 Å². The molecule has 1 aromatic carbocycles. The topological polar surface area (TPSA) is 111 Å². The lowest BCUT2D eigenvalue weighted by molar-refractivity contribution is -0.293. The highest BCUT2D eigenvalue weighted by Gasteiger charge is 2.54.